The Morgan fingerprint density at radius 2 is 2.26 bits per heavy atom. The number of non-ortho nitro benzene ring substituents is 1. The molecule has 1 unspecified atom stereocenters. The highest BCUT2D eigenvalue weighted by atomic mass is 16.6. The van der Waals surface area contributed by atoms with Crippen molar-refractivity contribution >= 4 is 22.3 Å². The summed E-state index contributed by atoms with van der Waals surface area (Å²) in [5.74, 6) is 0. The Morgan fingerprint density at radius 3 is 2.95 bits per heavy atom. The van der Waals surface area contributed by atoms with Gasteiger partial charge in [-0.3, -0.25) is 15.1 Å². The predicted octanol–water partition coefficient (Wildman–Crippen LogP) is 2.59. The van der Waals surface area contributed by atoms with Crippen molar-refractivity contribution in [3.63, 3.8) is 0 Å². The van der Waals surface area contributed by atoms with E-state index in [0.29, 0.717) is 17.5 Å². The molecule has 0 fully saturated rings. The molecule has 1 aromatic heterocycles. The van der Waals surface area contributed by atoms with E-state index in [-0.39, 0.29) is 11.7 Å². The molecule has 1 atom stereocenters. The van der Waals surface area contributed by atoms with Crippen molar-refractivity contribution < 1.29 is 9.66 Å². The smallest absolute Gasteiger partial charge is 0.278 e. The molecule has 0 saturated carbocycles. The maximum atomic E-state index is 11.0. The highest BCUT2D eigenvalue weighted by Crippen LogP contribution is 2.29. The van der Waals surface area contributed by atoms with Gasteiger partial charge in [0, 0.05) is 25.4 Å². The van der Waals surface area contributed by atoms with E-state index >= 15 is 0 Å². The highest BCUT2D eigenvalue weighted by molar-refractivity contribution is 5.96. The Morgan fingerprint density at radius 1 is 1.47 bits per heavy atom. The van der Waals surface area contributed by atoms with Crippen LogP contribution in [-0.4, -0.2) is 29.7 Å². The first kappa shape index (κ1) is 13.2. The van der Waals surface area contributed by atoms with Gasteiger partial charge in [0.05, 0.1) is 22.6 Å². The van der Waals surface area contributed by atoms with Gasteiger partial charge in [-0.15, -0.1) is 0 Å². The number of hydrogen-bond donors (Lipinski definition) is 1. The van der Waals surface area contributed by atoms with Crippen LogP contribution in [0.5, 0.6) is 0 Å². The number of benzene rings is 1. The molecule has 100 valence electrons. The Kier molecular flexibility index (Phi) is 3.91. The lowest BCUT2D eigenvalue weighted by Crippen LogP contribution is -2.21. The van der Waals surface area contributed by atoms with Gasteiger partial charge in [0.15, 0.2) is 0 Å². The van der Waals surface area contributed by atoms with Crippen molar-refractivity contribution in [1.29, 1.82) is 0 Å². The SMILES string of the molecule is COCC(C)Nc1ccc([N+](=O)[O-])c2cccnc12. The van der Waals surface area contributed by atoms with Crippen molar-refractivity contribution in [3.8, 4) is 0 Å². The zero-order valence-corrected chi connectivity index (χ0v) is 10.8. The van der Waals surface area contributed by atoms with Gasteiger partial charge >= 0.3 is 0 Å². The van der Waals surface area contributed by atoms with Gasteiger partial charge in [0.2, 0.25) is 0 Å². The van der Waals surface area contributed by atoms with Gasteiger partial charge in [-0.1, -0.05) is 0 Å². The second-order valence-electron chi connectivity index (χ2n) is 4.29. The van der Waals surface area contributed by atoms with E-state index in [9.17, 15) is 10.1 Å². The monoisotopic (exact) mass is 261 g/mol. The van der Waals surface area contributed by atoms with Gasteiger partial charge < -0.3 is 10.1 Å². The van der Waals surface area contributed by atoms with Crippen LogP contribution in [0.4, 0.5) is 11.4 Å². The van der Waals surface area contributed by atoms with Crippen LogP contribution < -0.4 is 5.32 Å². The number of fused-ring (bicyclic) bond motifs is 1. The summed E-state index contributed by atoms with van der Waals surface area (Å²) < 4.78 is 5.06. The van der Waals surface area contributed by atoms with Crippen molar-refractivity contribution in [2.75, 3.05) is 19.0 Å². The first-order chi connectivity index (χ1) is 9.13. The summed E-state index contributed by atoms with van der Waals surface area (Å²) in [6, 6.07) is 6.66. The Balaban J connectivity index is 2.46. The molecular formula is C13H15N3O3. The van der Waals surface area contributed by atoms with E-state index in [1.165, 1.54) is 6.07 Å². The van der Waals surface area contributed by atoms with E-state index in [2.05, 4.69) is 10.3 Å². The third kappa shape index (κ3) is 2.79. The van der Waals surface area contributed by atoms with E-state index in [4.69, 9.17) is 4.74 Å². The fourth-order valence-corrected chi connectivity index (χ4v) is 1.99. The van der Waals surface area contributed by atoms with Crippen LogP contribution in [0.1, 0.15) is 6.92 Å². The lowest BCUT2D eigenvalue weighted by molar-refractivity contribution is -0.383. The standard InChI is InChI=1S/C13H15N3O3/c1-9(8-19-2)15-11-5-6-12(16(17)18)10-4-3-7-14-13(10)11/h3-7,9,15H,8H2,1-2H3. The Bertz CT molecular complexity index is 601. The Hall–Kier alpha value is -2.21. The molecule has 0 radical (unpaired) electrons. The minimum atomic E-state index is -0.396. The number of methoxy groups -OCH3 is 1. The number of anilines is 1. The molecule has 1 N–H and O–H groups in total. The first-order valence-electron chi connectivity index (χ1n) is 5.91. The van der Waals surface area contributed by atoms with E-state index in [1.807, 2.05) is 6.92 Å². The average Bonchev–Trinajstić information content (AvgIpc) is 2.39. The quantitative estimate of drug-likeness (QED) is 0.661. The molecule has 0 saturated heterocycles. The normalized spacial score (nSPS) is 12.3. The lowest BCUT2D eigenvalue weighted by atomic mass is 10.1. The summed E-state index contributed by atoms with van der Waals surface area (Å²) in [6.45, 7) is 2.52. The minimum absolute atomic E-state index is 0.0630. The molecule has 2 aromatic rings. The molecule has 0 amide bonds. The molecule has 1 aromatic carbocycles. The zero-order valence-electron chi connectivity index (χ0n) is 10.8. The van der Waals surface area contributed by atoms with Crippen LogP contribution in [0, 0.1) is 10.1 Å². The maximum absolute atomic E-state index is 11.0. The fourth-order valence-electron chi connectivity index (χ4n) is 1.99. The summed E-state index contributed by atoms with van der Waals surface area (Å²) in [5, 5.41) is 14.8. The molecule has 0 aliphatic carbocycles. The number of aromatic nitrogens is 1. The number of ether oxygens (including phenoxy) is 1. The van der Waals surface area contributed by atoms with Crippen molar-refractivity contribution in [2.24, 2.45) is 0 Å². The van der Waals surface area contributed by atoms with Gasteiger partial charge in [-0.25, -0.2) is 0 Å². The van der Waals surface area contributed by atoms with Crippen LogP contribution in [0.2, 0.25) is 0 Å². The van der Waals surface area contributed by atoms with E-state index in [1.54, 1.807) is 31.5 Å². The lowest BCUT2D eigenvalue weighted by Gasteiger charge is -2.15. The number of pyridine rings is 1. The van der Waals surface area contributed by atoms with Gasteiger partial charge in [0.25, 0.3) is 5.69 Å². The predicted molar refractivity (Wildman–Crippen MR) is 73.4 cm³/mol. The second kappa shape index (κ2) is 5.62. The summed E-state index contributed by atoms with van der Waals surface area (Å²) in [6.07, 6.45) is 1.62. The molecule has 0 aliphatic heterocycles. The highest BCUT2D eigenvalue weighted by Gasteiger charge is 2.15. The summed E-state index contributed by atoms with van der Waals surface area (Å²) in [4.78, 5) is 14.8. The number of nitrogens with one attached hydrogen (secondary N) is 1. The summed E-state index contributed by atoms with van der Waals surface area (Å²) in [7, 11) is 1.63. The van der Waals surface area contributed by atoms with Gasteiger partial charge in [-0.05, 0) is 25.1 Å². The second-order valence-corrected chi connectivity index (χ2v) is 4.29. The van der Waals surface area contributed by atoms with Crippen LogP contribution >= 0.6 is 0 Å². The largest absolute Gasteiger partial charge is 0.383 e. The van der Waals surface area contributed by atoms with Crippen LogP contribution in [0.3, 0.4) is 0 Å². The molecule has 0 aliphatic rings. The van der Waals surface area contributed by atoms with Crippen LogP contribution in [0.15, 0.2) is 30.5 Å². The molecule has 6 nitrogen and oxygen atoms in total. The number of nitrogens with zero attached hydrogens (tertiary/aromatic N) is 2. The number of nitro benzene ring substituents is 1. The van der Waals surface area contributed by atoms with Gasteiger partial charge in [-0.2, -0.15) is 0 Å². The van der Waals surface area contributed by atoms with Crippen LogP contribution in [-0.2, 0) is 4.74 Å². The van der Waals surface area contributed by atoms with Gasteiger partial charge in [0.1, 0.15) is 5.52 Å². The molecule has 0 bridgehead atoms. The number of hydrogen-bond acceptors (Lipinski definition) is 5. The average molecular weight is 261 g/mol. The van der Waals surface area contributed by atoms with Crippen LogP contribution in [0.25, 0.3) is 10.9 Å². The first-order valence-corrected chi connectivity index (χ1v) is 5.91. The Labute approximate surface area is 110 Å². The molecular weight excluding hydrogens is 246 g/mol. The zero-order chi connectivity index (χ0) is 13.8. The maximum Gasteiger partial charge on any atom is 0.278 e. The summed E-state index contributed by atoms with van der Waals surface area (Å²) >= 11 is 0. The molecule has 19 heavy (non-hydrogen) atoms. The molecule has 6 heteroatoms. The molecule has 2 rings (SSSR count). The van der Waals surface area contributed by atoms with Crippen molar-refractivity contribution in [3.05, 3.63) is 40.6 Å². The summed E-state index contributed by atoms with van der Waals surface area (Å²) in [5.41, 5.74) is 1.43. The fraction of sp³-hybridized carbons (Fsp3) is 0.308. The third-order valence-electron chi connectivity index (χ3n) is 2.76. The van der Waals surface area contributed by atoms with Crippen molar-refractivity contribution in [1.82, 2.24) is 4.98 Å². The van der Waals surface area contributed by atoms with Crippen molar-refractivity contribution in [2.45, 2.75) is 13.0 Å². The third-order valence-corrected chi connectivity index (χ3v) is 2.76. The topological polar surface area (TPSA) is 77.3 Å². The number of nitro groups is 1. The molecule has 1 heterocycles. The molecule has 0 spiro atoms. The number of rotatable bonds is 5. The van der Waals surface area contributed by atoms with E-state index in [0.717, 1.165) is 5.69 Å². The van der Waals surface area contributed by atoms with E-state index < -0.39 is 4.92 Å². The minimum Gasteiger partial charge on any atom is -0.383 e.